The van der Waals surface area contributed by atoms with Crippen molar-refractivity contribution >= 4 is 23.3 Å². The molecule has 29 heavy (non-hydrogen) atoms. The Morgan fingerprint density at radius 2 is 1.90 bits per heavy atom. The first kappa shape index (κ1) is 21.1. The van der Waals surface area contributed by atoms with E-state index in [4.69, 9.17) is 4.74 Å². The molecule has 0 aromatic heterocycles. The summed E-state index contributed by atoms with van der Waals surface area (Å²) < 4.78 is 5.14. The average molecular weight is 399 g/mol. The van der Waals surface area contributed by atoms with Gasteiger partial charge in [-0.05, 0) is 42.5 Å². The van der Waals surface area contributed by atoms with Gasteiger partial charge in [-0.2, -0.15) is 0 Å². The number of Topliss-reactive ketones (excluding diaryl/α,β-unsaturated/α-hetero) is 1. The molecule has 1 N–H and O–H groups in total. The van der Waals surface area contributed by atoms with Crippen LogP contribution in [0.3, 0.4) is 0 Å². The first-order chi connectivity index (χ1) is 13.8. The van der Waals surface area contributed by atoms with E-state index in [9.17, 15) is 14.4 Å². The maximum absolute atomic E-state index is 13.1. The Kier molecular flexibility index (Phi) is 6.10. The Morgan fingerprint density at radius 3 is 2.52 bits per heavy atom. The summed E-state index contributed by atoms with van der Waals surface area (Å²) in [5, 5.41) is 2.86. The van der Waals surface area contributed by atoms with E-state index in [0.29, 0.717) is 36.4 Å². The summed E-state index contributed by atoms with van der Waals surface area (Å²) in [6, 6.07) is 7.01. The quantitative estimate of drug-likeness (QED) is 0.788. The topological polar surface area (TPSA) is 75.7 Å². The van der Waals surface area contributed by atoms with Gasteiger partial charge in [0.2, 0.25) is 11.8 Å². The number of allylic oxidation sites excluding steroid dienone is 1. The lowest BCUT2D eigenvalue weighted by Gasteiger charge is -2.42. The van der Waals surface area contributed by atoms with Gasteiger partial charge in [0.25, 0.3) is 0 Å². The molecule has 0 saturated carbocycles. The fraction of sp³-hybridized carbons (Fsp3) is 0.522. The molecule has 1 aromatic carbocycles. The number of nitrogens with zero attached hydrogens (tertiary/aromatic N) is 1. The Bertz CT molecular complexity index is 839. The van der Waals surface area contributed by atoms with E-state index < -0.39 is 5.92 Å². The molecule has 1 heterocycles. The summed E-state index contributed by atoms with van der Waals surface area (Å²) in [6.07, 6.45) is 2.91. The van der Waals surface area contributed by atoms with Crippen molar-refractivity contribution in [1.82, 2.24) is 4.90 Å². The molecule has 0 fully saturated rings. The van der Waals surface area contributed by atoms with Crippen molar-refractivity contribution in [2.75, 3.05) is 19.0 Å². The molecule has 1 aliphatic carbocycles. The van der Waals surface area contributed by atoms with E-state index in [0.717, 1.165) is 18.5 Å². The van der Waals surface area contributed by atoms with Crippen LogP contribution >= 0.6 is 0 Å². The minimum Gasteiger partial charge on any atom is -0.497 e. The molecular formula is C23H30N2O4. The van der Waals surface area contributed by atoms with E-state index in [1.165, 1.54) is 0 Å². The molecule has 1 aromatic rings. The van der Waals surface area contributed by atoms with Gasteiger partial charge in [-0.25, -0.2) is 0 Å². The highest BCUT2D eigenvalue weighted by atomic mass is 16.5. The third-order valence-electron chi connectivity index (χ3n) is 5.66. The SMILES string of the molecule is CCCCN1C(=O)C[C@@H](C(=O)Nc2ccc(OC)cc2)C2=C1CC(C)(C)CC2=O. The van der Waals surface area contributed by atoms with Gasteiger partial charge in [0.1, 0.15) is 5.75 Å². The number of nitrogens with one attached hydrogen (secondary N) is 1. The van der Waals surface area contributed by atoms with E-state index in [1.807, 2.05) is 13.8 Å². The van der Waals surface area contributed by atoms with Gasteiger partial charge in [0.15, 0.2) is 5.78 Å². The maximum atomic E-state index is 13.1. The van der Waals surface area contributed by atoms with Crippen LogP contribution in [0.4, 0.5) is 5.69 Å². The van der Waals surface area contributed by atoms with Crippen molar-refractivity contribution in [2.24, 2.45) is 11.3 Å². The molecule has 0 spiro atoms. The minimum atomic E-state index is -0.735. The summed E-state index contributed by atoms with van der Waals surface area (Å²) in [6.45, 7) is 6.76. The van der Waals surface area contributed by atoms with Crippen molar-refractivity contribution in [3.05, 3.63) is 35.5 Å². The molecule has 1 aliphatic heterocycles. The Labute approximate surface area is 172 Å². The van der Waals surface area contributed by atoms with E-state index in [-0.39, 0.29) is 29.4 Å². The second kappa shape index (κ2) is 8.39. The van der Waals surface area contributed by atoms with Crippen LogP contribution in [0.1, 0.15) is 52.9 Å². The standard InChI is InChI=1S/C23H30N2O4/c1-5-6-11-25-18-13-23(2,3)14-19(26)21(18)17(12-20(25)27)22(28)24-15-7-9-16(29-4)10-8-15/h7-10,17H,5-6,11-14H2,1-4H3,(H,24,28)/t17-/m1/s1. The highest BCUT2D eigenvalue weighted by Crippen LogP contribution is 2.44. The largest absolute Gasteiger partial charge is 0.497 e. The summed E-state index contributed by atoms with van der Waals surface area (Å²) in [7, 11) is 1.58. The predicted octanol–water partition coefficient (Wildman–Crippen LogP) is 3.93. The Morgan fingerprint density at radius 1 is 1.21 bits per heavy atom. The van der Waals surface area contributed by atoms with Gasteiger partial charge in [-0.15, -0.1) is 0 Å². The number of benzene rings is 1. The van der Waals surface area contributed by atoms with Crippen molar-refractivity contribution in [2.45, 2.75) is 52.9 Å². The highest BCUT2D eigenvalue weighted by molar-refractivity contribution is 6.09. The van der Waals surface area contributed by atoms with Crippen LogP contribution in [-0.2, 0) is 14.4 Å². The summed E-state index contributed by atoms with van der Waals surface area (Å²) in [4.78, 5) is 40.7. The molecule has 0 radical (unpaired) electrons. The number of hydrogen-bond acceptors (Lipinski definition) is 4. The lowest BCUT2D eigenvalue weighted by Crippen LogP contribution is -2.47. The third-order valence-corrected chi connectivity index (χ3v) is 5.66. The summed E-state index contributed by atoms with van der Waals surface area (Å²) >= 11 is 0. The van der Waals surface area contributed by atoms with Gasteiger partial charge in [0.05, 0.1) is 13.0 Å². The lowest BCUT2D eigenvalue weighted by atomic mass is 9.70. The second-order valence-electron chi connectivity index (χ2n) is 8.67. The molecular weight excluding hydrogens is 368 g/mol. The highest BCUT2D eigenvalue weighted by Gasteiger charge is 2.45. The predicted molar refractivity (Wildman–Crippen MR) is 111 cm³/mol. The van der Waals surface area contributed by atoms with Gasteiger partial charge in [0, 0.05) is 36.3 Å². The summed E-state index contributed by atoms with van der Waals surface area (Å²) in [5.41, 5.74) is 1.69. The molecule has 0 bridgehead atoms. The fourth-order valence-electron chi connectivity index (χ4n) is 4.18. The molecule has 6 heteroatoms. The van der Waals surface area contributed by atoms with Crippen molar-refractivity contribution < 1.29 is 19.1 Å². The van der Waals surface area contributed by atoms with Crippen LogP contribution in [-0.4, -0.2) is 36.2 Å². The van der Waals surface area contributed by atoms with Crippen LogP contribution in [0, 0.1) is 11.3 Å². The monoisotopic (exact) mass is 398 g/mol. The smallest absolute Gasteiger partial charge is 0.232 e. The molecule has 3 rings (SSSR count). The number of amides is 2. The van der Waals surface area contributed by atoms with Crippen LogP contribution in [0.5, 0.6) is 5.75 Å². The number of carbonyl (C=O) groups excluding carboxylic acids is 3. The van der Waals surface area contributed by atoms with Crippen LogP contribution < -0.4 is 10.1 Å². The van der Waals surface area contributed by atoms with Gasteiger partial charge >= 0.3 is 0 Å². The number of unbranched alkanes of at least 4 members (excludes halogenated alkanes) is 1. The molecule has 156 valence electrons. The van der Waals surface area contributed by atoms with Crippen molar-refractivity contribution in [3.63, 3.8) is 0 Å². The van der Waals surface area contributed by atoms with Gasteiger partial charge in [-0.1, -0.05) is 27.2 Å². The third kappa shape index (κ3) is 4.52. The molecule has 0 unspecified atom stereocenters. The second-order valence-corrected chi connectivity index (χ2v) is 8.67. The number of methoxy groups -OCH3 is 1. The average Bonchev–Trinajstić information content (AvgIpc) is 2.66. The molecule has 6 nitrogen and oxygen atoms in total. The number of anilines is 1. The van der Waals surface area contributed by atoms with Gasteiger partial charge in [-0.3, -0.25) is 14.4 Å². The zero-order chi connectivity index (χ0) is 21.2. The van der Waals surface area contributed by atoms with Crippen LogP contribution in [0.15, 0.2) is 35.5 Å². The maximum Gasteiger partial charge on any atom is 0.232 e. The molecule has 2 amide bonds. The van der Waals surface area contributed by atoms with E-state index >= 15 is 0 Å². The number of hydrogen-bond donors (Lipinski definition) is 1. The Hall–Kier alpha value is -2.63. The molecule has 1 atom stereocenters. The molecule has 2 aliphatic rings. The van der Waals surface area contributed by atoms with E-state index in [2.05, 4.69) is 12.2 Å². The van der Waals surface area contributed by atoms with Crippen molar-refractivity contribution in [1.29, 1.82) is 0 Å². The number of rotatable bonds is 6. The fourth-order valence-corrected chi connectivity index (χ4v) is 4.18. The normalized spacial score (nSPS) is 21.1. The number of carbonyl (C=O) groups is 3. The number of ketones is 1. The van der Waals surface area contributed by atoms with Crippen LogP contribution in [0.2, 0.25) is 0 Å². The van der Waals surface area contributed by atoms with Crippen LogP contribution in [0.25, 0.3) is 0 Å². The zero-order valence-electron chi connectivity index (χ0n) is 17.7. The summed E-state index contributed by atoms with van der Waals surface area (Å²) in [5.74, 6) is -0.435. The first-order valence-corrected chi connectivity index (χ1v) is 10.3. The lowest BCUT2D eigenvalue weighted by molar-refractivity contribution is -0.136. The number of ether oxygens (including phenoxy) is 1. The van der Waals surface area contributed by atoms with E-state index in [1.54, 1.807) is 36.3 Å². The van der Waals surface area contributed by atoms with Gasteiger partial charge < -0.3 is 15.0 Å². The zero-order valence-corrected chi connectivity index (χ0v) is 17.7. The minimum absolute atomic E-state index is 0.0138. The first-order valence-electron chi connectivity index (χ1n) is 10.3. The van der Waals surface area contributed by atoms with Crippen molar-refractivity contribution in [3.8, 4) is 5.75 Å². The Balaban J connectivity index is 1.92. The molecule has 0 saturated heterocycles.